The number of carbonyl (C=O) groups is 1. The van der Waals surface area contributed by atoms with E-state index in [-0.39, 0.29) is 18.0 Å². The average Bonchev–Trinajstić information content (AvgIpc) is 2.34. The summed E-state index contributed by atoms with van der Waals surface area (Å²) in [6, 6.07) is 1.19. The first-order valence-corrected chi connectivity index (χ1v) is 8.10. The third-order valence-corrected chi connectivity index (χ3v) is 3.91. The second-order valence-corrected chi connectivity index (χ2v) is 6.95. The van der Waals surface area contributed by atoms with E-state index in [1.54, 1.807) is 13.8 Å². The van der Waals surface area contributed by atoms with Crippen molar-refractivity contribution < 1.29 is 31.5 Å². The van der Waals surface area contributed by atoms with Gasteiger partial charge in [0.15, 0.2) is 0 Å². The van der Waals surface area contributed by atoms with Gasteiger partial charge in [-0.3, -0.25) is 0 Å². The van der Waals surface area contributed by atoms with E-state index >= 15 is 0 Å². The molecule has 0 radical (unpaired) electrons. The van der Waals surface area contributed by atoms with Gasteiger partial charge in [0.05, 0.1) is 10.5 Å². The van der Waals surface area contributed by atoms with Crippen LogP contribution in [-0.2, 0) is 21.0 Å². The Labute approximate surface area is 131 Å². The maximum Gasteiger partial charge on any atom is 0.417 e. The van der Waals surface area contributed by atoms with Crippen molar-refractivity contribution in [2.24, 2.45) is 11.1 Å². The van der Waals surface area contributed by atoms with E-state index in [4.69, 9.17) is 10.2 Å². The summed E-state index contributed by atoms with van der Waals surface area (Å²) in [4.78, 5) is 10.1. The Kier molecular flexibility index (Phi) is 5.65. The molecule has 0 aliphatic carbocycles. The van der Waals surface area contributed by atoms with E-state index < -0.39 is 38.7 Å². The molecule has 0 bridgehead atoms. The number of halogens is 3. The standard InChI is InChI=1S/C13H17F3N2O4S/c1-7(2)5-10(12(19)20)18-8-3-4-11(23(17,21)22)9(6-8)13(14,15)16/h3-4,6-7,10,18H,5H2,1-2H3,(H,19,20)(H2,17,21,22)/t10-/m0/s1. The van der Waals surface area contributed by atoms with Crippen LogP contribution in [0.25, 0.3) is 0 Å². The van der Waals surface area contributed by atoms with Crippen LogP contribution in [0.5, 0.6) is 0 Å². The average molecular weight is 354 g/mol. The summed E-state index contributed by atoms with van der Waals surface area (Å²) in [7, 11) is -4.56. The molecule has 0 fully saturated rings. The number of alkyl halides is 3. The van der Waals surface area contributed by atoms with Crippen molar-refractivity contribution in [1.82, 2.24) is 0 Å². The van der Waals surface area contributed by atoms with Crippen molar-refractivity contribution in [3.8, 4) is 0 Å². The monoisotopic (exact) mass is 354 g/mol. The number of anilines is 1. The van der Waals surface area contributed by atoms with E-state index in [0.717, 1.165) is 6.07 Å². The molecule has 10 heteroatoms. The minimum atomic E-state index is -4.95. The van der Waals surface area contributed by atoms with E-state index in [0.29, 0.717) is 12.1 Å². The highest BCUT2D eigenvalue weighted by Crippen LogP contribution is 2.35. The number of benzene rings is 1. The van der Waals surface area contributed by atoms with Crippen molar-refractivity contribution in [2.75, 3.05) is 5.32 Å². The lowest BCUT2D eigenvalue weighted by molar-refractivity contribution is -0.140. The fraction of sp³-hybridized carbons (Fsp3) is 0.462. The summed E-state index contributed by atoms with van der Waals surface area (Å²) in [5.41, 5.74) is -1.60. The number of nitrogens with one attached hydrogen (secondary N) is 1. The molecule has 1 aromatic rings. The van der Waals surface area contributed by atoms with Gasteiger partial charge in [-0.25, -0.2) is 18.4 Å². The maximum atomic E-state index is 13.0. The minimum Gasteiger partial charge on any atom is -0.480 e. The second kappa shape index (κ2) is 6.75. The Balaban J connectivity index is 3.28. The molecule has 0 saturated carbocycles. The highest BCUT2D eigenvalue weighted by atomic mass is 32.2. The fourth-order valence-corrected chi connectivity index (χ4v) is 2.72. The fourth-order valence-electron chi connectivity index (χ4n) is 1.98. The smallest absolute Gasteiger partial charge is 0.417 e. The van der Waals surface area contributed by atoms with Crippen LogP contribution in [0.4, 0.5) is 18.9 Å². The van der Waals surface area contributed by atoms with Crippen LogP contribution in [-0.4, -0.2) is 25.5 Å². The SMILES string of the molecule is CC(C)C[C@H](Nc1ccc(S(N)(=O)=O)c(C(F)(F)F)c1)C(=O)O. The van der Waals surface area contributed by atoms with Crippen LogP contribution in [0, 0.1) is 5.92 Å². The highest BCUT2D eigenvalue weighted by molar-refractivity contribution is 7.89. The highest BCUT2D eigenvalue weighted by Gasteiger charge is 2.37. The third kappa shape index (κ3) is 5.39. The van der Waals surface area contributed by atoms with Gasteiger partial charge in [0.2, 0.25) is 10.0 Å². The van der Waals surface area contributed by atoms with Gasteiger partial charge in [-0.15, -0.1) is 0 Å². The number of nitrogens with two attached hydrogens (primary N) is 1. The summed E-state index contributed by atoms with van der Waals surface area (Å²) in [6.45, 7) is 3.53. The zero-order valence-electron chi connectivity index (χ0n) is 12.4. The number of rotatable bonds is 6. The minimum absolute atomic E-state index is 0.00520. The first-order chi connectivity index (χ1) is 10.3. The lowest BCUT2D eigenvalue weighted by Gasteiger charge is -2.19. The topological polar surface area (TPSA) is 109 Å². The van der Waals surface area contributed by atoms with E-state index in [1.807, 2.05) is 0 Å². The predicted molar refractivity (Wildman–Crippen MR) is 77.3 cm³/mol. The molecule has 0 heterocycles. The van der Waals surface area contributed by atoms with E-state index in [9.17, 15) is 26.4 Å². The van der Waals surface area contributed by atoms with Gasteiger partial charge in [0, 0.05) is 5.69 Å². The zero-order chi connectivity index (χ0) is 18.0. The molecule has 1 aromatic carbocycles. The molecule has 0 unspecified atom stereocenters. The first kappa shape index (κ1) is 19.2. The molecule has 4 N–H and O–H groups in total. The molecule has 0 aliphatic heterocycles. The Morgan fingerprint density at radius 3 is 2.30 bits per heavy atom. The van der Waals surface area contributed by atoms with Gasteiger partial charge in [0.1, 0.15) is 6.04 Å². The van der Waals surface area contributed by atoms with Crippen LogP contribution in [0.2, 0.25) is 0 Å². The quantitative estimate of drug-likeness (QED) is 0.726. The number of aliphatic carboxylic acids is 1. The van der Waals surface area contributed by atoms with Crippen LogP contribution in [0.1, 0.15) is 25.8 Å². The molecule has 130 valence electrons. The van der Waals surface area contributed by atoms with Gasteiger partial charge in [-0.2, -0.15) is 13.2 Å². The van der Waals surface area contributed by atoms with Gasteiger partial charge in [-0.05, 0) is 30.5 Å². The normalized spacial score (nSPS) is 13.9. The molecule has 1 rings (SSSR count). The Bertz CT molecular complexity index is 687. The molecule has 0 spiro atoms. The summed E-state index contributed by atoms with van der Waals surface area (Å²) < 4.78 is 61.5. The number of hydrogen-bond acceptors (Lipinski definition) is 4. The van der Waals surface area contributed by atoms with Crippen LogP contribution < -0.4 is 10.5 Å². The molecule has 23 heavy (non-hydrogen) atoms. The summed E-state index contributed by atoms with van der Waals surface area (Å²) in [5.74, 6) is -1.22. The van der Waals surface area contributed by atoms with Crippen LogP contribution >= 0.6 is 0 Å². The number of hydrogen-bond donors (Lipinski definition) is 3. The molecule has 0 saturated heterocycles. The first-order valence-electron chi connectivity index (χ1n) is 6.55. The molecule has 0 aliphatic rings. The van der Waals surface area contributed by atoms with Crippen molar-refractivity contribution in [2.45, 2.75) is 37.4 Å². The largest absolute Gasteiger partial charge is 0.480 e. The van der Waals surface area contributed by atoms with Crippen molar-refractivity contribution in [3.05, 3.63) is 23.8 Å². The Hall–Kier alpha value is -1.81. The number of carboxylic acids is 1. The Morgan fingerprint density at radius 1 is 1.35 bits per heavy atom. The number of carboxylic acid groups (broad SMARTS) is 1. The zero-order valence-corrected chi connectivity index (χ0v) is 13.2. The maximum absolute atomic E-state index is 13.0. The van der Waals surface area contributed by atoms with Gasteiger partial charge < -0.3 is 10.4 Å². The van der Waals surface area contributed by atoms with Gasteiger partial charge >= 0.3 is 12.1 Å². The van der Waals surface area contributed by atoms with E-state index in [1.165, 1.54) is 0 Å². The van der Waals surface area contributed by atoms with Crippen molar-refractivity contribution in [1.29, 1.82) is 0 Å². The van der Waals surface area contributed by atoms with Gasteiger partial charge in [-0.1, -0.05) is 13.8 Å². The summed E-state index contributed by atoms with van der Waals surface area (Å²) in [6.07, 6.45) is -4.76. The van der Waals surface area contributed by atoms with Crippen LogP contribution in [0.3, 0.4) is 0 Å². The van der Waals surface area contributed by atoms with E-state index in [2.05, 4.69) is 5.32 Å². The van der Waals surface area contributed by atoms with Crippen molar-refractivity contribution in [3.63, 3.8) is 0 Å². The molecule has 0 aromatic heterocycles. The van der Waals surface area contributed by atoms with Gasteiger partial charge in [0.25, 0.3) is 0 Å². The third-order valence-electron chi connectivity index (χ3n) is 2.94. The molecule has 6 nitrogen and oxygen atoms in total. The predicted octanol–water partition coefficient (Wildman–Crippen LogP) is 2.26. The van der Waals surface area contributed by atoms with Crippen LogP contribution in [0.15, 0.2) is 23.1 Å². The summed E-state index contributed by atoms with van der Waals surface area (Å²) in [5, 5.41) is 16.3. The second-order valence-electron chi connectivity index (χ2n) is 5.42. The number of primary sulfonamides is 1. The molecule has 0 amide bonds. The number of sulfonamides is 1. The van der Waals surface area contributed by atoms with Crippen molar-refractivity contribution >= 4 is 21.7 Å². The molecular formula is C13H17F3N2O4S. The Morgan fingerprint density at radius 2 is 1.91 bits per heavy atom. The summed E-state index contributed by atoms with van der Waals surface area (Å²) >= 11 is 0. The lowest BCUT2D eigenvalue weighted by atomic mass is 10.0. The molecular weight excluding hydrogens is 337 g/mol. The molecule has 1 atom stereocenters. The lowest BCUT2D eigenvalue weighted by Crippen LogP contribution is -2.31.